The van der Waals surface area contributed by atoms with E-state index in [4.69, 9.17) is 4.74 Å². The van der Waals surface area contributed by atoms with Gasteiger partial charge in [0, 0.05) is 31.6 Å². The third-order valence-corrected chi connectivity index (χ3v) is 3.81. The van der Waals surface area contributed by atoms with Crippen LogP contribution in [-0.4, -0.2) is 26.9 Å². The summed E-state index contributed by atoms with van der Waals surface area (Å²) in [6.07, 6.45) is 4.30. The molecule has 0 radical (unpaired) electrons. The second kappa shape index (κ2) is 7.15. The van der Waals surface area contributed by atoms with Gasteiger partial charge in [0.2, 0.25) is 0 Å². The minimum Gasteiger partial charge on any atom is -0.374 e. The molecule has 2 heterocycles. The summed E-state index contributed by atoms with van der Waals surface area (Å²) in [5.41, 5.74) is 2.24. The molecule has 2 aromatic heterocycles. The Morgan fingerprint density at radius 3 is 2.52 bits per heavy atom. The van der Waals surface area contributed by atoms with Crippen molar-refractivity contribution in [1.29, 1.82) is 0 Å². The first kappa shape index (κ1) is 15.4. The van der Waals surface area contributed by atoms with Gasteiger partial charge in [0.1, 0.15) is 6.10 Å². The van der Waals surface area contributed by atoms with Crippen molar-refractivity contribution in [2.24, 2.45) is 0 Å². The van der Waals surface area contributed by atoms with Gasteiger partial charge in [-0.2, -0.15) is 5.10 Å². The molecule has 23 heavy (non-hydrogen) atoms. The van der Waals surface area contributed by atoms with Gasteiger partial charge in [0.15, 0.2) is 11.6 Å². The Bertz CT molecular complexity index is 740. The molecule has 0 saturated carbocycles. The van der Waals surface area contributed by atoms with Crippen molar-refractivity contribution in [1.82, 2.24) is 19.7 Å². The molecule has 0 unspecified atom stereocenters. The molecule has 0 amide bonds. The van der Waals surface area contributed by atoms with Crippen LogP contribution in [0.1, 0.15) is 24.4 Å². The molecule has 0 aliphatic heterocycles. The number of hydrogen-bond acceptors (Lipinski definition) is 4. The maximum absolute atomic E-state index is 5.44. The lowest BCUT2D eigenvalue weighted by Gasteiger charge is -2.10. The number of ether oxygens (including phenoxy) is 1. The van der Waals surface area contributed by atoms with Gasteiger partial charge in [-0.05, 0) is 31.0 Å². The summed E-state index contributed by atoms with van der Waals surface area (Å²) in [7, 11) is 1.69. The molecule has 1 aromatic carbocycles. The number of nitrogens with zero attached hydrogens (tertiary/aromatic N) is 4. The van der Waals surface area contributed by atoms with Crippen LogP contribution in [0.2, 0.25) is 0 Å². The maximum Gasteiger partial charge on any atom is 0.181 e. The molecule has 118 valence electrons. The molecule has 3 rings (SSSR count). The van der Waals surface area contributed by atoms with E-state index in [0.717, 1.165) is 24.4 Å². The molecule has 0 fully saturated rings. The fraction of sp³-hybridized carbons (Fsp3) is 0.278. The summed E-state index contributed by atoms with van der Waals surface area (Å²) in [5.74, 6) is 1.55. The van der Waals surface area contributed by atoms with E-state index in [2.05, 4.69) is 39.3 Å². The van der Waals surface area contributed by atoms with E-state index in [0.29, 0.717) is 5.82 Å². The maximum atomic E-state index is 5.44. The van der Waals surface area contributed by atoms with Crippen LogP contribution in [0, 0.1) is 0 Å². The summed E-state index contributed by atoms with van der Waals surface area (Å²) in [6, 6.07) is 14.2. The topological polar surface area (TPSA) is 52.8 Å². The molecule has 5 nitrogen and oxygen atoms in total. The van der Waals surface area contributed by atoms with Gasteiger partial charge in [0.25, 0.3) is 0 Å². The van der Waals surface area contributed by atoms with Gasteiger partial charge < -0.3 is 4.74 Å². The third-order valence-electron chi connectivity index (χ3n) is 3.81. The number of aryl methyl sites for hydroxylation is 2. The monoisotopic (exact) mass is 308 g/mol. The minimum atomic E-state index is -0.103. The van der Waals surface area contributed by atoms with Crippen molar-refractivity contribution in [3.8, 4) is 11.4 Å². The lowest BCUT2D eigenvalue weighted by atomic mass is 10.1. The molecule has 0 saturated heterocycles. The zero-order chi connectivity index (χ0) is 16.1. The number of benzene rings is 1. The molecule has 0 aliphatic carbocycles. The van der Waals surface area contributed by atoms with Gasteiger partial charge in [-0.15, -0.1) is 0 Å². The lowest BCUT2D eigenvalue weighted by Crippen LogP contribution is -2.11. The summed E-state index contributed by atoms with van der Waals surface area (Å²) in [4.78, 5) is 8.70. The number of aromatic nitrogens is 4. The van der Waals surface area contributed by atoms with Gasteiger partial charge in [-0.1, -0.05) is 30.3 Å². The van der Waals surface area contributed by atoms with E-state index in [1.807, 2.05) is 29.8 Å². The summed E-state index contributed by atoms with van der Waals surface area (Å²) in [6.45, 7) is 2.75. The Morgan fingerprint density at radius 2 is 1.83 bits per heavy atom. The predicted octanol–water partition coefficient (Wildman–Crippen LogP) is 3.29. The number of hydrogen-bond donors (Lipinski definition) is 0. The Morgan fingerprint density at radius 1 is 1.09 bits per heavy atom. The Kier molecular flexibility index (Phi) is 4.78. The molecule has 0 spiro atoms. The Labute approximate surface area is 136 Å². The summed E-state index contributed by atoms with van der Waals surface area (Å²) >= 11 is 0. The van der Waals surface area contributed by atoms with Crippen molar-refractivity contribution in [2.75, 3.05) is 7.11 Å². The van der Waals surface area contributed by atoms with Gasteiger partial charge in [-0.3, -0.25) is 4.98 Å². The van der Waals surface area contributed by atoms with Crippen molar-refractivity contribution >= 4 is 0 Å². The van der Waals surface area contributed by atoms with Crippen LogP contribution in [0.5, 0.6) is 0 Å². The molecule has 0 N–H and O–H groups in total. The van der Waals surface area contributed by atoms with Crippen LogP contribution in [0.25, 0.3) is 11.4 Å². The highest BCUT2D eigenvalue weighted by Crippen LogP contribution is 2.20. The quantitative estimate of drug-likeness (QED) is 0.701. The Balaban J connectivity index is 1.87. The fourth-order valence-corrected chi connectivity index (χ4v) is 2.43. The average Bonchev–Trinajstić information content (AvgIpc) is 3.05. The zero-order valence-corrected chi connectivity index (χ0v) is 13.4. The van der Waals surface area contributed by atoms with Crippen molar-refractivity contribution in [3.05, 3.63) is 66.2 Å². The number of pyridine rings is 1. The first-order chi connectivity index (χ1) is 11.3. The van der Waals surface area contributed by atoms with Crippen LogP contribution in [0.4, 0.5) is 0 Å². The molecule has 1 atom stereocenters. The lowest BCUT2D eigenvalue weighted by molar-refractivity contribution is 0.107. The summed E-state index contributed by atoms with van der Waals surface area (Å²) < 4.78 is 7.38. The average molecular weight is 308 g/mol. The molecule has 0 aliphatic rings. The van der Waals surface area contributed by atoms with Crippen molar-refractivity contribution in [2.45, 2.75) is 26.0 Å². The largest absolute Gasteiger partial charge is 0.374 e. The van der Waals surface area contributed by atoms with Crippen LogP contribution in [0.15, 0.2) is 54.9 Å². The van der Waals surface area contributed by atoms with E-state index >= 15 is 0 Å². The third kappa shape index (κ3) is 3.63. The van der Waals surface area contributed by atoms with Gasteiger partial charge >= 0.3 is 0 Å². The van der Waals surface area contributed by atoms with Crippen LogP contribution < -0.4 is 0 Å². The molecule has 3 aromatic rings. The molecule has 0 bridgehead atoms. The highest BCUT2D eigenvalue weighted by atomic mass is 16.5. The first-order valence-electron chi connectivity index (χ1n) is 7.70. The van der Waals surface area contributed by atoms with Gasteiger partial charge in [0.05, 0.1) is 0 Å². The van der Waals surface area contributed by atoms with E-state index in [1.54, 1.807) is 19.5 Å². The van der Waals surface area contributed by atoms with Crippen molar-refractivity contribution in [3.63, 3.8) is 0 Å². The highest BCUT2D eigenvalue weighted by Gasteiger charge is 2.16. The first-order valence-corrected chi connectivity index (χ1v) is 7.70. The van der Waals surface area contributed by atoms with Gasteiger partial charge in [-0.25, -0.2) is 9.67 Å². The summed E-state index contributed by atoms with van der Waals surface area (Å²) in [5, 5.41) is 4.66. The number of rotatable bonds is 6. The molecule has 5 heteroatoms. The standard InChI is InChI=1S/C18H20N4O/c1-14(23-2)18-20-17(16-8-11-19-12-9-16)21-22(18)13-10-15-6-4-3-5-7-15/h3-9,11-12,14H,10,13H2,1-2H3/t14-/m0/s1. The Hall–Kier alpha value is -2.53. The normalized spacial score (nSPS) is 12.3. The predicted molar refractivity (Wildman–Crippen MR) is 88.8 cm³/mol. The molecular weight excluding hydrogens is 288 g/mol. The minimum absolute atomic E-state index is 0.103. The van der Waals surface area contributed by atoms with Crippen LogP contribution >= 0.6 is 0 Å². The van der Waals surface area contributed by atoms with Crippen molar-refractivity contribution < 1.29 is 4.74 Å². The smallest absolute Gasteiger partial charge is 0.181 e. The van der Waals surface area contributed by atoms with E-state index < -0.39 is 0 Å². The van der Waals surface area contributed by atoms with E-state index in [1.165, 1.54) is 5.56 Å². The van der Waals surface area contributed by atoms with E-state index in [-0.39, 0.29) is 6.10 Å². The van der Waals surface area contributed by atoms with Crippen LogP contribution in [-0.2, 0) is 17.7 Å². The van der Waals surface area contributed by atoms with Crippen LogP contribution in [0.3, 0.4) is 0 Å². The zero-order valence-electron chi connectivity index (χ0n) is 13.4. The highest BCUT2D eigenvalue weighted by molar-refractivity contribution is 5.53. The second-order valence-electron chi connectivity index (χ2n) is 5.37. The van der Waals surface area contributed by atoms with E-state index in [9.17, 15) is 0 Å². The fourth-order valence-electron chi connectivity index (χ4n) is 2.43. The molecular formula is C18H20N4O. The SMILES string of the molecule is CO[C@@H](C)c1nc(-c2ccncc2)nn1CCc1ccccc1. The second-order valence-corrected chi connectivity index (χ2v) is 5.37. The number of methoxy groups -OCH3 is 1.